The van der Waals surface area contributed by atoms with Crippen molar-refractivity contribution in [3.63, 3.8) is 0 Å². The maximum Gasteiger partial charge on any atom is 0.488 e. The summed E-state index contributed by atoms with van der Waals surface area (Å²) in [5, 5.41) is 17.4. The second-order valence-electron chi connectivity index (χ2n) is 2.91. The molecule has 0 unspecified atom stereocenters. The molecule has 0 heterocycles. The van der Waals surface area contributed by atoms with Gasteiger partial charge < -0.3 is 10.0 Å². The zero-order valence-electron chi connectivity index (χ0n) is 7.12. The van der Waals surface area contributed by atoms with Crippen molar-refractivity contribution in [3.8, 4) is 0 Å². The van der Waals surface area contributed by atoms with Crippen LogP contribution in [0.4, 0.5) is 13.2 Å². The number of benzene rings is 1. The van der Waals surface area contributed by atoms with E-state index in [-0.39, 0.29) is 11.0 Å². The van der Waals surface area contributed by atoms with Gasteiger partial charge >= 0.3 is 13.3 Å². The number of alkyl halides is 3. The number of hydrogen-bond acceptors (Lipinski definition) is 2. The third-order valence-electron chi connectivity index (χ3n) is 1.68. The molecule has 0 fully saturated rings. The van der Waals surface area contributed by atoms with E-state index in [1.54, 1.807) is 0 Å². The van der Waals surface area contributed by atoms with Crippen molar-refractivity contribution in [1.82, 2.24) is 0 Å². The van der Waals surface area contributed by atoms with Gasteiger partial charge in [-0.3, -0.25) is 0 Å². The van der Waals surface area contributed by atoms with E-state index in [9.17, 15) is 13.2 Å². The van der Waals surface area contributed by atoms with Gasteiger partial charge in [0.25, 0.3) is 0 Å². The standard InChI is InChI=1S/C8H8BF3O2/c10-8(11,12)5-6-1-3-7(4-2-6)9(13)14/h1-4,13-14H,5H2. The molecule has 0 saturated carbocycles. The van der Waals surface area contributed by atoms with E-state index in [4.69, 9.17) is 10.0 Å². The second-order valence-corrected chi connectivity index (χ2v) is 2.91. The molecule has 2 nitrogen and oxygen atoms in total. The zero-order chi connectivity index (χ0) is 10.8. The summed E-state index contributed by atoms with van der Waals surface area (Å²) in [7, 11) is -1.64. The third kappa shape index (κ3) is 3.39. The summed E-state index contributed by atoms with van der Waals surface area (Å²) in [4.78, 5) is 0. The van der Waals surface area contributed by atoms with Gasteiger partial charge in [0.15, 0.2) is 0 Å². The number of rotatable bonds is 2. The molecule has 0 saturated heterocycles. The Kier molecular flexibility index (Phi) is 3.18. The van der Waals surface area contributed by atoms with Crippen molar-refractivity contribution in [2.24, 2.45) is 0 Å². The minimum atomic E-state index is -4.24. The second kappa shape index (κ2) is 4.02. The fraction of sp³-hybridized carbons (Fsp3) is 0.250. The van der Waals surface area contributed by atoms with Crippen LogP contribution in [0.1, 0.15) is 5.56 Å². The maximum absolute atomic E-state index is 11.9. The molecule has 0 aliphatic heterocycles. The van der Waals surface area contributed by atoms with E-state index in [1.807, 2.05) is 0 Å². The van der Waals surface area contributed by atoms with Crippen LogP contribution in [0.15, 0.2) is 24.3 Å². The molecule has 6 heteroatoms. The summed E-state index contributed by atoms with van der Waals surface area (Å²) in [6.45, 7) is 0. The lowest BCUT2D eigenvalue weighted by Gasteiger charge is -2.06. The van der Waals surface area contributed by atoms with Crippen molar-refractivity contribution < 1.29 is 23.2 Å². The molecule has 0 atom stereocenters. The first kappa shape index (κ1) is 11.1. The van der Waals surface area contributed by atoms with Crippen LogP contribution in [-0.2, 0) is 6.42 Å². The maximum atomic E-state index is 11.9. The summed E-state index contributed by atoms with van der Waals surface area (Å²) in [5.41, 5.74) is 0.276. The molecule has 0 aliphatic carbocycles. The minimum Gasteiger partial charge on any atom is -0.423 e. The Bertz CT molecular complexity index is 294. The van der Waals surface area contributed by atoms with E-state index in [0.29, 0.717) is 0 Å². The Morgan fingerprint density at radius 3 is 1.93 bits per heavy atom. The Morgan fingerprint density at radius 2 is 1.57 bits per heavy atom. The van der Waals surface area contributed by atoms with Crippen LogP contribution >= 0.6 is 0 Å². The van der Waals surface area contributed by atoms with Crippen LogP contribution in [0.2, 0.25) is 0 Å². The van der Waals surface area contributed by atoms with E-state index in [1.165, 1.54) is 24.3 Å². The minimum absolute atomic E-state index is 0.0990. The van der Waals surface area contributed by atoms with Crippen LogP contribution in [0, 0.1) is 0 Å². The SMILES string of the molecule is OB(O)c1ccc(CC(F)(F)F)cc1. The quantitative estimate of drug-likeness (QED) is 0.687. The lowest BCUT2D eigenvalue weighted by atomic mass is 9.80. The Balaban J connectivity index is 2.74. The topological polar surface area (TPSA) is 40.5 Å². The molecule has 1 aromatic rings. The van der Waals surface area contributed by atoms with Crippen molar-refractivity contribution in [2.75, 3.05) is 0 Å². The highest BCUT2D eigenvalue weighted by Crippen LogP contribution is 2.20. The largest absolute Gasteiger partial charge is 0.488 e. The molecular formula is C8H8BF3O2. The van der Waals surface area contributed by atoms with Gasteiger partial charge in [-0.2, -0.15) is 13.2 Å². The summed E-state index contributed by atoms with van der Waals surface area (Å²) < 4.78 is 35.7. The molecule has 14 heavy (non-hydrogen) atoms. The molecule has 0 spiro atoms. The molecule has 2 N–H and O–H groups in total. The van der Waals surface area contributed by atoms with E-state index in [0.717, 1.165) is 0 Å². The van der Waals surface area contributed by atoms with Crippen molar-refractivity contribution in [2.45, 2.75) is 12.6 Å². The summed E-state index contributed by atoms with van der Waals surface area (Å²) in [5.74, 6) is 0. The van der Waals surface area contributed by atoms with Crippen molar-refractivity contribution >= 4 is 12.6 Å². The molecule has 0 amide bonds. The van der Waals surface area contributed by atoms with Gasteiger partial charge in [-0.05, 0) is 11.0 Å². The first-order valence-corrected chi connectivity index (χ1v) is 3.90. The molecule has 0 radical (unpaired) electrons. The van der Waals surface area contributed by atoms with Gasteiger partial charge in [-0.1, -0.05) is 24.3 Å². The summed E-state index contributed by atoms with van der Waals surface area (Å²) >= 11 is 0. The lowest BCUT2D eigenvalue weighted by Crippen LogP contribution is -2.29. The van der Waals surface area contributed by atoms with E-state index >= 15 is 0 Å². The van der Waals surface area contributed by atoms with E-state index in [2.05, 4.69) is 0 Å². The predicted molar refractivity (Wildman–Crippen MR) is 46.0 cm³/mol. The van der Waals surface area contributed by atoms with Crippen LogP contribution in [0.25, 0.3) is 0 Å². The Hall–Kier alpha value is -1.01. The molecule has 76 valence electrons. The molecule has 0 aliphatic rings. The molecule has 1 rings (SSSR count). The summed E-state index contributed by atoms with van der Waals surface area (Å²) in [6.07, 6.45) is -5.24. The fourth-order valence-electron chi connectivity index (χ4n) is 1.04. The highest BCUT2D eigenvalue weighted by molar-refractivity contribution is 6.58. The normalized spacial score (nSPS) is 11.5. The van der Waals surface area contributed by atoms with Crippen LogP contribution < -0.4 is 5.46 Å². The monoisotopic (exact) mass is 204 g/mol. The zero-order valence-corrected chi connectivity index (χ0v) is 7.12. The smallest absolute Gasteiger partial charge is 0.423 e. The average Bonchev–Trinajstić information content (AvgIpc) is 2.02. The van der Waals surface area contributed by atoms with E-state index < -0.39 is 19.7 Å². The number of halogens is 3. The molecule has 0 bridgehead atoms. The van der Waals surface area contributed by atoms with Gasteiger partial charge in [0, 0.05) is 0 Å². The lowest BCUT2D eigenvalue weighted by molar-refractivity contribution is -0.127. The van der Waals surface area contributed by atoms with Crippen molar-refractivity contribution in [3.05, 3.63) is 29.8 Å². The first-order chi connectivity index (χ1) is 6.38. The van der Waals surface area contributed by atoms with Crippen LogP contribution in [-0.4, -0.2) is 23.3 Å². The van der Waals surface area contributed by atoms with Gasteiger partial charge in [0.2, 0.25) is 0 Å². The fourth-order valence-corrected chi connectivity index (χ4v) is 1.04. The third-order valence-corrected chi connectivity index (χ3v) is 1.68. The van der Waals surface area contributed by atoms with Gasteiger partial charge in [-0.25, -0.2) is 0 Å². The van der Waals surface area contributed by atoms with Crippen molar-refractivity contribution in [1.29, 1.82) is 0 Å². The van der Waals surface area contributed by atoms with Gasteiger partial charge in [0.05, 0.1) is 6.42 Å². The molecular weight excluding hydrogens is 196 g/mol. The molecule has 1 aromatic carbocycles. The highest BCUT2D eigenvalue weighted by Gasteiger charge is 2.27. The predicted octanol–water partition coefficient (Wildman–Crippen LogP) is 0.471. The Morgan fingerprint density at radius 1 is 1.07 bits per heavy atom. The van der Waals surface area contributed by atoms with Crippen LogP contribution in [0.5, 0.6) is 0 Å². The molecule has 0 aromatic heterocycles. The first-order valence-electron chi connectivity index (χ1n) is 3.90. The van der Waals surface area contributed by atoms with Crippen LogP contribution in [0.3, 0.4) is 0 Å². The Labute approximate surface area is 79.1 Å². The number of hydrogen-bond donors (Lipinski definition) is 2. The van der Waals surface area contributed by atoms with Gasteiger partial charge in [0.1, 0.15) is 0 Å². The highest BCUT2D eigenvalue weighted by atomic mass is 19.4. The van der Waals surface area contributed by atoms with Gasteiger partial charge in [-0.15, -0.1) is 0 Å². The summed E-state index contributed by atoms with van der Waals surface area (Å²) in [6, 6.07) is 4.96. The average molecular weight is 204 g/mol.